The monoisotopic (exact) mass is 305 g/mol. The molecule has 0 spiro atoms. The van der Waals surface area contributed by atoms with Gasteiger partial charge in [-0.25, -0.2) is 4.98 Å². The van der Waals surface area contributed by atoms with Crippen LogP contribution >= 0.6 is 34.8 Å². The van der Waals surface area contributed by atoms with Crippen LogP contribution in [0.15, 0.2) is 24.4 Å². The summed E-state index contributed by atoms with van der Waals surface area (Å²) in [6.45, 7) is -0.353. The summed E-state index contributed by atoms with van der Waals surface area (Å²) >= 11 is 18.1. The first-order valence-corrected chi connectivity index (χ1v) is 6.07. The lowest BCUT2D eigenvalue weighted by Gasteiger charge is -2.11. The molecule has 0 fully saturated rings. The highest BCUT2D eigenvalue weighted by molar-refractivity contribution is 6.46. The van der Waals surface area contributed by atoms with Gasteiger partial charge in [-0.3, -0.25) is 0 Å². The summed E-state index contributed by atoms with van der Waals surface area (Å²) in [6, 6.07) is 4.27. The van der Waals surface area contributed by atoms with Crippen molar-refractivity contribution in [2.45, 2.75) is 6.61 Å². The third-order valence-corrected chi connectivity index (χ3v) is 3.56. The van der Waals surface area contributed by atoms with Crippen LogP contribution in [-0.2, 0) is 6.61 Å². The number of hydrogen-bond donors (Lipinski definition) is 1. The van der Waals surface area contributed by atoms with E-state index in [2.05, 4.69) is 4.98 Å². The molecule has 18 heavy (non-hydrogen) atoms. The number of nitrogens with zero attached hydrogens (tertiary/aromatic N) is 1. The number of halogens is 4. The van der Waals surface area contributed by atoms with E-state index < -0.39 is 5.95 Å². The fourth-order valence-corrected chi connectivity index (χ4v) is 2.33. The van der Waals surface area contributed by atoms with Gasteiger partial charge in [0.1, 0.15) is 0 Å². The molecule has 1 heterocycles. The van der Waals surface area contributed by atoms with Crippen molar-refractivity contribution in [3.05, 3.63) is 51.0 Å². The second-order valence-corrected chi connectivity index (χ2v) is 4.73. The van der Waals surface area contributed by atoms with Gasteiger partial charge in [0.05, 0.1) is 21.7 Å². The number of benzene rings is 1. The van der Waals surface area contributed by atoms with E-state index in [1.807, 2.05) is 0 Å². The van der Waals surface area contributed by atoms with Gasteiger partial charge < -0.3 is 5.11 Å². The zero-order chi connectivity index (χ0) is 13.3. The van der Waals surface area contributed by atoms with Crippen LogP contribution in [0.2, 0.25) is 15.1 Å². The van der Waals surface area contributed by atoms with E-state index in [1.54, 1.807) is 12.1 Å². The highest BCUT2D eigenvalue weighted by Crippen LogP contribution is 2.40. The minimum atomic E-state index is -0.683. The van der Waals surface area contributed by atoms with E-state index in [0.717, 1.165) is 6.07 Å². The van der Waals surface area contributed by atoms with Crippen LogP contribution in [0.3, 0.4) is 0 Å². The number of pyridine rings is 1. The van der Waals surface area contributed by atoms with Crippen molar-refractivity contribution in [2.75, 3.05) is 0 Å². The Morgan fingerprint density at radius 2 is 1.83 bits per heavy atom. The molecule has 0 saturated carbocycles. The number of hydrogen-bond acceptors (Lipinski definition) is 2. The van der Waals surface area contributed by atoms with Gasteiger partial charge in [0.15, 0.2) is 0 Å². The van der Waals surface area contributed by atoms with Gasteiger partial charge >= 0.3 is 0 Å². The lowest BCUT2D eigenvalue weighted by Crippen LogP contribution is -1.95. The molecule has 1 N–H and O–H groups in total. The van der Waals surface area contributed by atoms with Gasteiger partial charge in [-0.15, -0.1) is 0 Å². The fourth-order valence-electron chi connectivity index (χ4n) is 1.60. The lowest BCUT2D eigenvalue weighted by molar-refractivity contribution is 0.281. The van der Waals surface area contributed by atoms with Crippen molar-refractivity contribution >= 4 is 34.8 Å². The highest BCUT2D eigenvalue weighted by atomic mass is 35.5. The molecule has 0 aliphatic rings. The van der Waals surface area contributed by atoms with Crippen molar-refractivity contribution < 1.29 is 9.50 Å². The molecule has 2 aromatic rings. The quantitative estimate of drug-likeness (QED) is 0.661. The van der Waals surface area contributed by atoms with Crippen LogP contribution in [0.4, 0.5) is 4.39 Å². The topological polar surface area (TPSA) is 33.1 Å². The Morgan fingerprint density at radius 1 is 1.17 bits per heavy atom. The second kappa shape index (κ2) is 5.41. The maximum Gasteiger partial charge on any atom is 0.213 e. The molecule has 6 heteroatoms. The molecule has 0 saturated heterocycles. The number of rotatable bonds is 2. The van der Waals surface area contributed by atoms with E-state index in [9.17, 15) is 9.50 Å². The molecule has 0 radical (unpaired) electrons. The smallest absolute Gasteiger partial charge is 0.213 e. The van der Waals surface area contributed by atoms with Crippen LogP contribution in [0.1, 0.15) is 5.56 Å². The highest BCUT2D eigenvalue weighted by Gasteiger charge is 2.16. The Labute approximate surface area is 118 Å². The van der Waals surface area contributed by atoms with Crippen LogP contribution < -0.4 is 0 Å². The second-order valence-electron chi connectivity index (χ2n) is 3.54. The average molecular weight is 307 g/mol. The first-order valence-electron chi connectivity index (χ1n) is 4.93. The summed E-state index contributed by atoms with van der Waals surface area (Å²) in [5.74, 6) is -0.683. The number of aliphatic hydroxyl groups is 1. The molecule has 0 amide bonds. The Hall–Kier alpha value is -0.870. The van der Waals surface area contributed by atoms with Gasteiger partial charge in [-0.1, -0.05) is 34.8 Å². The van der Waals surface area contributed by atoms with Crippen LogP contribution in [0.25, 0.3) is 11.1 Å². The molecule has 2 nitrogen and oxygen atoms in total. The Balaban J connectivity index is 2.73. The number of aliphatic hydroxyl groups excluding tert-OH is 1. The first-order chi connectivity index (χ1) is 8.54. The largest absolute Gasteiger partial charge is 0.392 e. The van der Waals surface area contributed by atoms with Crippen molar-refractivity contribution in [3.8, 4) is 11.1 Å². The van der Waals surface area contributed by atoms with Crippen molar-refractivity contribution in [2.24, 2.45) is 0 Å². The van der Waals surface area contributed by atoms with Crippen molar-refractivity contribution in [1.82, 2.24) is 4.98 Å². The van der Waals surface area contributed by atoms with Crippen molar-refractivity contribution in [3.63, 3.8) is 0 Å². The predicted octanol–water partition coefficient (Wildman–Crippen LogP) is 4.34. The summed E-state index contributed by atoms with van der Waals surface area (Å²) < 4.78 is 13.0. The minimum Gasteiger partial charge on any atom is -0.392 e. The lowest BCUT2D eigenvalue weighted by atomic mass is 10.0. The number of aromatic nitrogens is 1. The Morgan fingerprint density at radius 3 is 2.50 bits per heavy atom. The predicted molar refractivity (Wildman–Crippen MR) is 70.6 cm³/mol. The summed E-state index contributed by atoms with van der Waals surface area (Å²) in [4.78, 5) is 3.54. The molecule has 0 aliphatic heterocycles. The van der Waals surface area contributed by atoms with E-state index in [4.69, 9.17) is 34.8 Å². The molecule has 0 aliphatic carbocycles. The third-order valence-electron chi connectivity index (χ3n) is 2.44. The van der Waals surface area contributed by atoms with E-state index in [0.29, 0.717) is 26.7 Å². The zero-order valence-corrected chi connectivity index (χ0v) is 11.2. The fraction of sp³-hybridized carbons (Fsp3) is 0.0833. The summed E-state index contributed by atoms with van der Waals surface area (Å²) in [7, 11) is 0. The van der Waals surface area contributed by atoms with Crippen LogP contribution in [0.5, 0.6) is 0 Å². The molecule has 94 valence electrons. The molecule has 0 atom stereocenters. The van der Waals surface area contributed by atoms with E-state index in [-0.39, 0.29) is 11.6 Å². The molecule has 0 bridgehead atoms. The SMILES string of the molecule is OCc1cc(F)ncc1-c1c(Cl)ccc(Cl)c1Cl. The summed E-state index contributed by atoms with van der Waals surface area (Å²) in [5, 5.41) is 10.2. The molecular weight excluding hydrogens is 299 g/mol. The van der Waals surface area contributed by atoms with Gasteiger partial charge in [0.25, 0.3) is 0 Å². The Kier molecular flexibility index (Phi) is 4.07. The van der Waals surface area contributed by atoms with Gasteiger partial charge in [-0.2, -0.15) is 4.39 Å². The average Bonchev–Trinajstić information content (AvgIpc) is 2.36. The molecule has 0 unspecified atom stereocenters. The van der Waals surface area contributed by atoms with Crippen molar-refractivity contribution in [1.29, 1.82) is 0 Å². The maximum absolute atomic E-state index is 13.0. The molecule has 2 rings (SSSR count). The third kappa shape index (κ3) is 2.45. The zero-order valence-electron chi connectivity index (χ0n) is 8.92. The minimum absolute atomic E-state index is 0.243. The molecule has 1 aromatic heterocycles. The first kappa shape index (κ1) is 13.6. The maximum atomic E-state index is 13.0. The van der Waals surface area contributed by atoms with Gasteiger partial charge in [0.2, 0.25) is 5.95 Å². The molecular formula is C12H7Cl3FNO. The van der Waals surface area contributed by atoms with Gasteiger partial charge in [-0.05, 0) is 23.8 Å². The van der Waals surface area contributed by atoms with E-state index >= 15 is 0 Å². The standard InChI is InChI=1S/C12H7Cl3FNO/c13-8-1-2-9(14)12(15)11(8)7-4-17-10(16)3-6(7)5-18/h1-4,18H,5H2. The normalized spacial score (nSPS) is 10.7. The molecule has 1 aromatic carbocycles. The van der Waals surface area contributed by atoms with Crippen LogP contribution in [0, 0.1) is 5.95 Å². The summed E-state index contributed by atoms with van der Waals surface area (Å²) in [6.07, 6.45) is 1.27. The van der Waals surface area contributed by atoms with Crippen LogP contribution in [-0.4, -0.2) is 10.1 Å². The van der Waals surface area contributed by atoms with Gasteiger partial charge in [0, 0.05) is 17.3 Å². The Bertz CT molecular complexity index is 604. The summed E-state index contributed by atoms with van der Waals surface area (Å²) in [5.41, 5.74) is 1.23. The van der Waals surface area contributed by atoms with E-state index in [1.165, 1.54) is 6.20 Å².